The van der Waals surface area contributed by atoms with Crippen molar-refractivity contribution in [3.63, 3.8) is 0 Å². The molecule has 2 aliphatic carbocycles. The SMILES string of the molecule is O=S(=O)(NC1C2CCC1Cc1cc(C=CCBr)ccc1C2)c1ccc(Cl)s1. The number of nitrogens with one attached hydrogen (secondary N) is 1. The van der Waals surface area contributed by atoms with Crippen LogP contribution in [-0.2, 0) is 22.9 Å². The largest absolute Gasteiger partial charge is 0.250 e. The van der Waals surface area contributed by atoms with E-state index >= 15 is 0 Å². The van der Waals surface area contributed by atoms with Crippen LogP contribution in [0.5, 0.6) is 0 Å². The van der Waals surface area contributed by atoms with Crippen LogP contribution >= 0.6 is 38.9 Å². The molecule has 1 aromatic carbocycles. The van der Waals surface area contributed by atoms with E-state index in [-0.39, 0.29) is 6.04 Å². The van der Waals surface area contributed by atoms with Gasteiger partial charge in [0.15, 0.2) is 0 Å². The number of thiophene rings is 1. The molecule has 2 aromatic rings. The Morgan fingerprint density at radius 2 is 1.89 bits per heavy atom. The Kier molecular flexibility index (Phi) is 5.82. The van der Waals surface area contributed by atoms with E-state index in [0.717, 1.165) is 42.4 Å². The van der Waals surface area contributed by atoms with Crippen molar-refractivity contribution in [1.82, 2.24) is 4.72 Å². The maximum absolute atomic E-state index is 12.8. The molecule has 0 spiro atoms. The van der Waals surface area contributed by atoms with Gasteiger partial charge in [0.25, 0.3) is 0 Å². The Hall–Kier alpha value is -0.660. The van der Waals surface area contributed by atoms with E-state index in [4.69, 9.17) is 11.6 Å². The van der Waals surface area contributed by atoms with E-state index in [2.05, 4.69) is 51.0 Å². The number of hydrogen-bond donors (Lipinski definition) is 1. The first-order valence-corrected chi connectivity index (χ1v) is 12.9. The van der Waals surface area contributed by atoms with Gasteiger partial charge in [-0.15, -0.1) is 11.3 Å². The van der Waals surface area contributed by atoms with Gasteiger partial charge < -0.3 is 0 Å². The molecular formula is C20H21BrClNO2S2. The molecule has 1 aromatic heterocycles. The molecule has 144 valence electrons. The van der Waals surface area contributed by atoms with Gasteiger partial charge in [-0.3, -0.25) is 0 Å². The average molecular weight is 487 g/mol. The van der Waals surface area contributed by atoms with E-state index in [1.807, 2.05) is 0 Å². The molecule has 2 bridgehead atoms. The minimum absolute atomic E-state index is 0.00944. The molecule has 3 unspecified atom stereocenters. The molecule has 1 heterocycles. The second kappa shape index (κ2) is 7.99. The van der Waals surface area contributed by atoms with Crippen LogP contribution in [0.2, 0.25) is 4.34 Å². The third-order valence-electron chi connectivity index (χ3n) is 5.62. The summed E-state index contributed by atoms with van der Waals surface area (Å²) in [7, 11) is -3.52. The Labute approximate surface area is 178 Å². The number of halogens is 2. The number of alkyl halides is 1. The fraction of sp³-hybridized carbons (Fsp3) is 0.400. The summed E-state index contributed by atoms with van der Waals surface area (Å²) >= 11 is 10.5. The predicted octanol–water partition coefficient (Wildman–Crippen LogP) is 5.28. The topological polar surface area (TPSA) is 46.2 Å². The normalized spacial score (nSPS) is 24.9. The zero-order chi connectivity index (χ0) is 19.0. The van der Waals surface area contributed by atoms with Gasteiger partial charge in [-0.1, -0.05) is 57.9 Å². The highest BCUT2D eigenvalue weighted by molar-refractivity contribution is 9.09. The zero-order valence-corrected chi connectivity index (χ0v) is 18.7. The zero-order valence-electron chi connectivity index (χ0n) is 14.7. The summed E-state index contributed by atoms with van der Waals surface area (Å²) in [5, 5.41) is 0.839. The molecule has 0 aliphatic heterocycles. The lowest BCUT2D eigenvalue weighted by Gasteiger charge is -2.23. The van der Waals surface area contributed by atoms with Gasteiger partial charge in [-0.2, -0.15) is 0 Å². The van der Waals surface area contributed by atoms with Crippen molar-refractivity contribution in [3.8, 4) is 0 Å². The fourth-order valence-corrected chi connectivity index (χ4v) is 7.45. The number of allylic oxidation sites excluding steroid dienone is 1. The smallest absolute Gasteiger partial charge is 0.207 e. The Balaban J connectivity index is 1.58. The van der Waals surface area contributed by atoms with E-state index in [9.17, 15) is 8.42 Å². The van der Waals surface area contributed by atoms with Crippen LogP contribution in [-0.4, -0.2) is 19.8 Å². The van der Waals surface area contributed by atoms with Crippen molar-refractivity contribution in [2.24, 2.45) is 11.8 Å². The Morgan fingerprint density at radius 3 is 2.56 bits per heavy atom. The molecular weight excluding hydrogens is 466 g/mol. The predicted molar refractivity (Wildman–Crippen MR) is 116 cm³/mol. The summed E-state index contributed by atoms with van der Waals surface area (Å²) in [6, 6.07) is 9.86. The van der Waals surface area contributed by atoms with Crippen molar-refractivity contribution in [2.75, 3.05) is 5.33 Å². The van der Waals surface area contributed by atoms with Crippen LogP contribution in [0, 0.1) is 11.8 Å². The molecule has 4 rings (SSSR count). The lowest BCUT2D eigenvalue weighted by atomic mass is 9.92. The highest BCUT2D eigenvalue weighted by Gasteiger charge is 2.41. The van der Waals surface area contributed by atoms with Gasteiger partial charge in [0.2, 0.25) is 10.0 Å². The summed E-state index contributed by atoms with van der Waals surface area (Å²) < 4.78 is 29.4. The van der Waals surface area contributed by atoms with Gasteiger partial charge >= 0.3 is 0 Å². The number of sulfonamides is 1. The van der Waals surface area contributed by atoms with Gasteiger partial charge in [-0.25, -0.2) is 13.1 Å². The summed E-state index contributed by atoms with van der Waals surface area (Å²) in [5.41, 5.74) is 3.93. The molecule has 0 amide bonds. The van der Waals surface area contributed by atoms with Crippen molar-refractivity contribution >= 4 is 55.0 Å². The van der Waals surface area contributed by atoms with Crippen molar-refractivity contribution < 1.29 is 8.42 Å². The van der Waals surface area contributed by atoms with E-state index < -0.39 is 10.0 Å². The number of benzene rings is 1. The molecule has 1 N–H and O–H groups in total. The summed E-state index contributed by atoms with van der Waals surface area (Å²) in [5.74, 6) is 0.697. The maximum Gasteiger partial charge on any atom is 0.250 e. The Bertz CT molecular complexity index is 970. The molecule has 0 saturated heterocycles. The van der Waals surface area contributed by atoms with Crippen LogP contribution in [0.25, 0.3) is 6.08 Å². The fourth-order valence-electron chi connectivity index (χ4n) is 4.39. The highest BCUT2D eigenvalue weighted by atomic mass is 79.9. The maximum atomic E-state index is 12.8. The van der Waals surface area contributed by atoms with E-state index in [0.29, 0.717) is 20.4 Å². The quantitative estimate of drug-likeness (QED) is 0.584. The molecule has 3 nitrogen and oxygen atoms in total. The first-order valence-electron chi connectivity index (χ1n) is 9.08. The minimum Gasteiger partial charge on any atom is -0.207 e. The van der Waals surface area contributed by atoms with Crippen LogP contribution in [0.3, 0.4) is 0 Å². The number of rotatable bonds is 5. The third-order valence-corrected chi connectivity index (χ3v) is 9.18. The molecule has 1 saturated carbocycles. The van der Waals surface area contributed by atoms with Gasteiger partial charge in [0.05, 0.1) is 4.34 Å². The molecule has 0 radical (unpaired) electrons. The van der Waals surface area contributed by atoms with Gasteiger partial charge in [0, 0.05) is 11.4 Å². The van der Waals surface area contributed by atoms with Crippen molar-refractivity contribution in [2.45, 2.75) is 35.9 Å². The number of fused-ring (bicyclic) bond motifs is 3. The molecule has 3 atom stereocenters. The van der Waals surface area contributed by atoms with Crippen LogP contribution in [0.15, 0.2) is 40.6 Å². The monoisotopic (exact) mass is 485 g/mol. The second-order valence-corrected chi connectivity index (χ2v) is 11.6. The van der Waals surface area contributed by atoms with Gasteiger partial charge in [0.1, 0.15) is 4.21 Å². The lowest BCUT2D eigenvalue weighted by molar-refractivity contribution is 0.386. The summed E-state index contributed by atoms with van der Waals surface area (Å²) in [6.45, 7) is 0. The van der Waals surface area contributed by atoms with E-state index in [1.165, 1.54) is 16.7 Å². The standard InChI is InChI=1S/C20H21BrClNO2S2/c21-9-1-2-13-3-4-14-11-15-5-6-16(12-17(14)10-13)20(15)23-27(24,25)19-8-7-18(22)26-19/h1-4,7-8,10,15-16,20,23H,5-6,9,11-12H2. The van der Waals surface area contributed by atoms with Gasteiger partial charge in [-0.05, 0) is 66.3 Å². The minimum atomic E-state index is -3.52. The molecule has 27 heavy (non-hydrogen) atoms. The number of hydrogen-bond acceptors (Lipinski definition) is 3. The molecule has 7 heteroatoms. The Morgan fingerprint density at radius 1 is 1.15 bits per heavy atom. The first-order chi connectivity index (χ1) is 13.0. The first kappa shape index (κ1) is 19.6. The second-order valence-electron chi connectivity index (χ2n) is 7.30. The lowest BCUT2D eigenvalue weighted by Crippen LogP contribution is -2.41. The van der Waals surface area contributed by atoms with Crippen LogP contribution in [0.1, 0.15) is 29.5 Å². The summed E-state index contributed by atoms with van der Waals surface area (Å²) in [6.07, 6.45) is 8.23. The highest BCUT2D eigenvalue weighted by Crippen LogP contribution is 2.41. The van der Waals surface area contributed by atoms with Crippen LogP contribution in [0.4, 0.5) is 0 Å². The molecule has 1 fully saturated rings. The van der Waals surface area contributed by atoms with E-state index in [1.54, 1.807) is 12.1 Å². The third kappa shape index (κ3) is 4.20. The van der Waals surface area contributed by atoms with Crippen molar-refractivity contribution in [3.05, 3.63) is 57.4 Å². The summed E-state index contributed by atoms with van der Waals surface area (Å²) in [4.78, 5) is 0. The van der Waals surface area contributed by atoms with Crippen LogP contribution < -0.4 is 4.72 Å². The average Bonchev–Trinajstić information content (AvgIpc) is 3.17. The van der Waals surface area contributed by atoms with Crippen molar-refractivity contribution in [1.29, 1.82) is 0 Å². The molecule has 2 aliphatic rings.